The number of benzene rings is 1. The highest BCUT2D eigenvalue weighted by molar-refractivity contribution is 5.90. The number of hydroxylamine groups is 2. The summed E-state index contributed by atoms with van der Waals surface area (Å²) in [6, 6.07) is 6.30. The summed E-state index contributed by atoms with van der Waals surface area (Å²) in [5, 5.41) is 33.0. The largest absolute Gasteiger partial charge is 0.451 e. The highest BCUT2D eigenvalue weighted by atomic mass is 16.6. The van der Waals surface area contributed by atoms with Crippen molar-refractivity contribution in [2.24, 2.45) is 21.5 Å². The molecule has 0 aromatic heterocycles. The molecule has 0 radical (unpaired) electrons. The van der Waals surface area contributed by atoms with Crippen molar-refractivity contribution in [3.05, 3.63) is 35.9 Å². The van der Waals surface area contributed by atoms with Crippen molar-refractivity contribution < 1.29 is 29.7 Å². The Kier molecular flexibility index (Phi) is 4.62. The fourth-order valence-electron chi connectivity index (χ4n) is 4.67. The lowest BCUT2D eigenvalue weighted by Gasteiger charge is -2.51. The van der Waals surface area contributed by atoms with Crippen LogP contribution in [0, 0.1) is 0 Å². The van der Waals surface area contributed by atoms with Crippen molar-refractivity contribution in [3.63, 3.8) is 0 Å². The molecule has 0 amide bonds. The van der Waals surface area contributed by atoms with Gasteiger partial charge in [0.15, 0.2) is 18.3 Å². The molecule has 0 aliphatic carbocycles. The van der Waals surface area contributed by atoms with Crippen molar-refractivity contribution in [1.82, 2.24) is 9.96 Å². The Labute approximate surface area is 172 Å². The van der Waals surface area contributed by atoms with Crippen LogP contribution in [0.5, 0.6) is 0 Å². The average molecular weight is 420 g/mol. The second kappa shape index (κ2) is 6.80. The van der Waals surface area contributed by atoms with Gasteiger partial charge in [0.25, 0.3) is 0 Å². The lowest BCUT2D eigenvalue weighted by atomic mass is 9.79. The van der Waals surface area contributed by atoms with E-state index in [1.54, 1.807) is 30.3 Å². The van der Waals surface area contributed by atoms with Gasteiger partial charge in [0.2, 0.25) is 11.6 Å². The van der Waals surface area contributed by atoms with Crippen molar-refractivity contribution >= 4 is 17.9 Å². The Hall–Kier alpha value is -2.93. The van der Waals surface area contributed by atoms with E-state index in [9.17, 15) is 20.2 Å². The fourth-order valence-corrected chi connectivity index (χ4v) is 4.67. The Bertz CT molecular complexity index is 908. The van der Waals surface area contributed by atoms with E-state index >= 15 is 0 Å². The van der Waals surface area contributed by atoms with Crippen LogP contribution in [0.1, 0.15) is 17.3 Å². The maximum atomic E-state index is 12.8. The number of ether oxygens (including phenoxy) is 2. The predicted molar refractivity (Wildman–Crippen MR) is 103 cm³/mol. The SMILES string of the molecule is COC1C(OC(=O)c2ccccc2)C(C)(O)C23C(N=C(N)N2O)C(CO)N=C(N)N13. The molecule has 1 saturated heterocycles. The number of aliphatic hydroxyl groups is 2. The molecule has 30 heavy (non-hydrogen) atoms. The lowest BCUT2D eigenvalue weighted by molar-refractivity contribution is -0.230. The van der Waals surface area contributed by atoms with E-state index in [1.165, 1.54) is 18.9 Å². The van der Waals surface area contributed by atoms with Crippen LogP contribution < -0.4 is 11.5 Å². The normalized spacial score (nSPS) is 37.4. The predicted octanol–water partition coefficient (Wildman–Crippen LogP) is -1.98. The van der Waals surface area contributed by atoms with Crippen molar-refractivity contribution in [1.29, 1.82) is 0 Å². The molecule has 1 aromatic rings. The van der Waals surface area contributed by atoms with Crippen LogP contribution in [-0.4, -0.2) is 92.7 Å². The molecular formula is C18H24N6O6. The topological polar surface area (TPSA) is 179 Å². The highest BCUT2D eigenvalue weighted by Gasteiger charge is 2.79. The molecule has 3 aliphatic heterocycles. The number of nitrogens with two attached hydrogens (primary N) is 2. The number of carbonyl (C=O) groups excluding carboxylic acids is 1. The zero-order chi connectivity index (χ0) is 21.8. The second-order valence-corrected chi connectivity index (χ2v) is 7.54. The molecule has 0 bridgehead atoms. The number of hydrogen-bond acceptors (Lipinski definition) is 12. The van der Waals surface area contributed by atoms with Crippen molar-refractivity contribution in [2.75, 3.05) is 13.7 Å². The van der Waals surface area contributed by atoms with Gasteiger partial charge in [-0.15, -0.1) is 0 Å². The minimum absolute atomic E-state index is 0.139. The molecule has 3 heterocycles. The molecule has 7 N–H and O–H groups in total. The van der Waals surface area contributed by atoms with Gasteiger partial charge >= 0.3 is 5.97 Å². The van der Waals surface area contributed by atoms with Gasteiger partial charge in [0.1, 0.15) is 17.7 Å². The molecule has 6 atom stereocenters. The minimum atomic E-state index is -2.00. The first kappa shape index (κ1) is 20.3. The number of hydrogen-bond donors (Lipinski definition) is 5. The summed E-state index contributed by atoms with van der Waals surface area (Å²) < 4.78 is 11.2. The molecular weight excluding hydrogens is 396 g/mol. The van der Waals surface area contributed by atoms with Crippen LogP contribution >= 0.6 is 0 Å². The standard InChI is InChI=1S/C18H24N6O6/c1-17(27)12(30-14(26)9-6-4-3-5-7-9)13(29-2)23-15(19)21-10(8-25)11-18(17,23)24(28)16(20)22-11/h3-7,10-13,25,27-28H,8H2,1-2H3,(H2,19,21)(H2,20,22). The first-order valence-electron chi connectivity index (χ1n) is 9.28. The molecule has 12 heteroatoms. The number of aliphatic imine (C=N–C) groups is 2. The van der Waals surface area contributed by atoms with Crippen LogP contribution in [0.25, 0.3) is 0 Å². The Balaban J connectivity index is 1.83. The number of rotatable bonds is 4. The summed E-state index contributed by atoms with van der Waals surface area (Å²) in [6.45, 7) is 0.896. The Morgan fingerprint density at radius 3 is 2.50 bits per heavy atom. The van der Waals surface area contributed by atoms with E-state index in [-0.39, 0.29) is 17.5 Å². The molecule has 12 nitrogen and oxygen atoms in total. The minimum Gasteiger partial charge on any atom is -0.451 e. The molecule has 1 spiro atoms. The fraction of sp³-hybridized carbons (Fsp3) is 0.500. The lowest BCUT2D eigenvalue weighted by Crippen LogP contribution is -2.77. The van der Waals surface area contributed by atoms with Gasteiger partial charge in [-0.1, -0.05) is 18.2 Å². The molecule has 162 valence electrons. The summed E-state index contributed by atoms with van der Waals surface area (Å²) in [6.07, 6.45) is -2.45. The van der Waals surface area contributed by atoms with Gasteiger partial charge < -0.3 is 31.2 Å². The smallest absolute Gasteiger partial charge is 0.338 e. The summed E-state index contributed by atoms with van der Waals surface area (Å²) >= 11 is 0. The molecule has 1 fully saturated rings. The van der Waals surface area contributed by atoms with Gasteiger partial charge in [-0.05, 0) is 19.1 Å². The zero-order valence-electron chi connectivity index (χ0n) is 16.4. The monoisotopic (exact) mass is 420 g/mol. The van der Waals surface area contributed by atoms with Crippen LogP contribution in [0.4, 0.5) is 0 Å². The first-order chi connectivity index (χ1) is 14.2. The quantitative estimate of drug-likeness (QED) is 0.343. The number of nitrogens with zero attached hydrogens (tertiary/aromatic N) is 4. The van der Waals surface area contributed by atoms with Crippen LogP contribution in [0.2, 0.25) is 0 Å². The van der Waals surface area contributed by atoms with Gasteiger partial charge in [-0.3, -0.25) is 10.1 Å². The van der Waals surface area contributed by atoms with E-state index in [0.717, 1.165) is 0 Å². The number of guanidine groups is 2. The third-order valence-electron chi connectivity index (χ3n) is 5.98. The van der Waals surface area contributed by atoms with Crippen molar-refractivity contribution in [3.8, 4) is 0 Å². The molecule has 6 unspecified atom stereocenters. The number of aliphatic hydroxyl groups excluding tert-OH is 1. The van der Waals surface area contributed by atoms with Gasteiger partial charge in [-0.2, -0.15) is 5.06 Å². The van der Waals surface area contributed by atoms with E-state index in [2.05, 4.69) is 9.98 Å². The molecule has 0 saturated carbocycles. The van der Waals surface area contributed by atoms with Crippen LogP contribution in [0.3, 0.4) is 0 Å². The third kappa shape index (κ3) is 2.38. The molecule has 3 aliphatic rings. The molecule has 4 rings (SSSR count). The summed E-state index contributed by atoms with van der Waals surface area (Å²) in [7, 11) is 1.34. The van der Waals surface area contributed by atoms with Crippen LogP contribution in [-0.2, 0) is 9.47 Å². The molecule has 1 aromatic carbocycles. The Morgan fingerprint density at radius 2 is 1.90 bits per heavy atom. The third-order valence-corrected chi connectivity index (χ3v) is 5.98. The second-order valence-electron chi connectivity index (χ2n) is 7.54. The van der Waals surface area contributed by atoms with Gasteiger partial charge in [-0.25, -0.2) is 14.8 Å². The Morgan fingerprint density at radius 1 is 1.23 bits per heavy atom. The van der Waals surface area contributed by atoms with E-state index in [1.807, 2.05) is 0 Å². The summed E-state index contributed by atoms with van der Waals surface area (Å²) in [5.41, 5.74) is 8.44. The van der Waals surface area contributed by atoms with Gasteiger partial charge in [0.05, 0.1) is 12.2 Å². The summed E-state index contributed by atoms with van der Waals surface area (Å²) in [5.74, 6) is -1.15. The highest BCUT2D eigenvalue weighted by Crippen LogP contribution is 2.53. The maximum Gasteiger partial charge on any atom is 0.338 e. The first-order valence-corrected chi connectivity index (χ1v) is 9.28. The maximum absolute atomic E-state index is 12.8. The van der Waals surface area contributed by atoms with Crippen molar-refractivity contribution in [2.45, 2.75) is 42.6 Å². The van der Waals surface area contributed by atoms with E-state index in [4.69, 9.17) is 20.9 Å². The van der Waals surface area contributed by atoms with Crippen LogP contribution in [0.15, 0.2) is 40.3 Å². The van der Waals surface area contributed by atoms with E-state index in [0.29, 0.717) is 5.06 Å². The zero-order valence-corrected chi connectivity index (χ0v) is 16.4. The number of esters is 1. The van der Waals surface area contributed by atoms with E-state index < -0.39 is 48.3 Å². The number of carbonyl (C=O) groups is 1. The number of methoxy groups -OCH3 is 1. The van der Waals surface area contributed by atoms with Gasteiger partial charge in [0, 0.05) is 7.11 Å². The summed E-state index contributed by atoms with van der Waals surface area (Å²) in [4.78, 5) is 22.5. The average Bonchev–Trinajstić information content (AvgIpc) is 3.12.